The fourth-order valence-electron chi connectivity index (χ4n) is 3.50. The lowest BCUT2D eigenvalue weighted by Crippen LogP contribution is -2.33. The number of fused-ring (bicyclic) bond motifs is 1. The molecule has 0 unspecified atom stereocenters. The van der Waals surface area contributed by atoms with Crippen LogP contribution in [0.1, 0.15) is 33.8 Å². The van der Waals surface area contributed by atoms with E-state index in [1.54, 1.807) is 18.1 Å². The highest BCUT2D eigenvalue weighted by Gasteiger charge is 2.24. The molecule has 29 heavy (non-hydrogen) atoms. The van der Waals surface area contributed by atoms with Crippen LogP contribution in [0.4, 0.5) is 0 Å². The summed E-state index contributed by atoms with van der Waals surface area (Å²) >= 11 is 0. The Labute approximate surface area is 170 Å². The maximum Gasteiger partial charge on any atom is 0.292 e. The third-order valence-corrected chi connectivity index (χ3v) is 5.03. The number of para-hydroxylation sites is 1. The molecular formula is C23H24N2O4. The first kappa shape index (κ1) is 19.1. The lowest BCUT2D eigenvalue weighted by molar-refractivity contribution is 0.0679. The molecule has 1 aliphatic rings. The van der Waals surface area contributed by atoms with E-state index in [1.807, 2.05) is 36.4 Å². The van der Waals surface area contributed by atoms with Crippen LogP contribution in [0.5, 0.6) is 11.5 Å². The molecule has 0 saturated carbocycles. The van der Waals surface area contributed by atoms with E-state index in [4.69, 9.17) is 14.0 Å². The van der Waals surface area contributed by atoms with E-state index in [1.165, 1.54) is 5.56 Å². The minimum atomic E-state index is -0.154. The lowest BCUT2D eigenvalue weighted by atomic mass is 10.1. The smallest absolute Gasteiger partial charge is 0.292 e. The quantitative estimate of drug-likeness (QED) is 0.659. The molecule has 1 aliphatic heterocycles. The van der Waals surface area contributed by atoms with E-state index in [0.29, 0.717) is 31.2 Å². The summed E-state index contributed by atoms with van der Waals surface area (Å²) in [5.41, 5.74) is 2.94. The number of amides is 1. The van der Waals surface area contributed by atoms with E-state index >= 15 is 0 Å². The molecule has 0 atom stereocenters. The van der Waals surface area contributed by atoms with Crippen LogP contribution in [0.2, 0.25) is 0 Å². The summed E-state index contributed by atoms with van der Waals surface area (Å²) in [5.74, 6) is 1.51. The molecule has 0 saturated heterocycles. The molecule has 0 N–H and O–H groups in total. The van der Waals surface area contributed by atoms with Gasteiger partial charge in [0, 0.05) is 24.7 Å². The highest BCUT2D eigenvalue weighted by molar-refractivity contribution is 5.91. The van der Waals surface area contributed by atoms with Gasteiger partial charge in [0.25, 0.3) is 5.91 Å². The van der Waals surface area contributed by atoms with E-state index in [-0.39, 0.29) is 11.7 Å². The second-order valence-corrected chi connectivity index (χ2v) is 7.05. The molecule has 0 fully saturated rings. The second-order valence-electron chi connectivity index (χ2n) is 7.05. The second kappa shape index (κ2) is 8.82. The Morgan fingerprint density at radius 3 is 2.83 bits per heavy atom. The molecule has 2 aromatic carbocycles. The summed E-state index contributed by atoms with van der Waals surface area (Å²) < 4.78 is 16.6. The number of hydrogen-bond acceptors (Lipinski definition) is 5. The largest absolute Gasteiger partial charge is 0.493 e. The van der Waals surface area contributed by atoms with E-state index in [0.717, 1.165) is 30.5 Å². The predicted molar refractivity (Wildman–Crippen MR) is 108 cm³/mol. The van der Waals surface area contributed by atoms with Crippen molar-refractivity contribution < 1.29 is 18.8 Å². The summed E-state index contributed by atoms with van der Waals surface area (Å²) in [7, 11) is 1.62. The van der Waals surface area contributed by atoms with Crippen molar-refractivity contribution in [3.63, 3.8) is 0 Å². The Kier molecular flexibility index (Phi) is 5.79. The van der Waals surface area contributed by atoms with Crippen molar-refractivity contribution in [3.05, 3.63) is 77.2 Å². The van der Waals surface area contributed by atoms with Crippen LogP contribution in [-0.2, 0) is 19.4 Å². The number of hydrogen-bond donors (Lipinski definition) is 0. The van der Waals surface area contributed by atoms with Crippen LogP contribution >= 0.6 is 0 Å². The fraction of sp³-hybridized carbons (Fsp3) is 0.304. The van der Waals surface area contributed by atoms with Gasteiger partial charge in [-0.1, -0.05) is 47.6 Å². The first-order valence-corrected chi connectivity index (χ1v) is 9.82. The highest BCUT2D eigenvalue weighted by atomic mass is 16.5. The zero-order valence-corrected chi connectivity index (χ0v) is 16.5. The SMILES string of the molecule is COc1cccc2c1OCCCN(C(=O)c1cc(CCc3ccccc3)no1)C2. The lowest BCUT2D eigenvalue weighted by Gasteiger charge is -2.26. The van der Waals surface area contributed by atoms with Crippen LogP contribution < -0.4 is 9.47 Å². The van der Waals surface area contributed by atoms with E-state index < -0.39 is 0 Å². The van der Waals surface area contributed by atoms with Crippen molar-refractivity contribution in [1.82, 2.24) is 10.1 Å². The van der Waals surface area contributed by atoms with Crippen molar-refractivity contribution in [3.8, 4) is 11.5 Å². The molecule has 2 heterocycles. The average molecular weight is 392 g/mol. The molecule has 1 amide bonds. The molecule has 0 radical (unpaired) electrons. The molecule has 6 nitrogen and oxygen atoms in total. The van der Waals surface area contributed by atoms with Gasteiger partial charge in [-0.25, -0.2) is 0 Å². The molecule has 0 aliphatic carbocycles. The number of ether oxygens (including phenoxy) is 2. The van der Waals surface area contributed by atoms with Gasteiger partial charge in [0.1, 0.15) is 0 Å². The molecular weight excluding hydrogens is 368 g/mol. The molecule has 150 valence electrons. The summed E-state index contributed by atoms with van der Waals surface area (Å²) in [4.78, 5) is 14.8. The molecule has 4 rings (SSSR count). The number of carbonyl (C=O) groups is 1. The Bertz CT molecular complexity index is 968. The van der Waals surface area contributed by atoms with Gasteiger partial charge in [0.2, 0.25) is 5.76 Å². The molecule has 0 bridgehead atoms. The normalized spacial score (nSPS) is 13.8. The third-order valence-electron chi connectivity index (χ3n) is 5.03. The first-order chi connectivity index (χ1) is 14.2. The van der Waals surface area contributed by atoms with Gasteiger partial charge in [-0.15, -0.1) is 0 Å². The zero-order chi connectivity index (χ0) is 20.1. The van der Waals surface area contributed by atoms with Crippen molar-refractivity contribution in [2.45, 2.75) is 25.8 Å². The molecule has 3 aromatic rings. The maximum atomic E-state index is 13.0. The number of benzene rings is 2. The maximum absolute atomic E-state index is 13.0. The molecule has 6 heteroatoms. The third kappa shape index (κ3) is 4.42. The number of aromatic nitrogens is 1. The van der Waals surface area contributed by atoms with Crippen LogP contribution in [0.25, 0.3) is 0 Å². The van der Waals surface area contributed by atoms with E-state index in [2.05, 4.69) is 17.3 Å². The number of aryl methyl sites for hydroxylation is 2. The number of carbonyl (C=O) groups excluding carboxylic acids is 1. The van der Waals surface area contributed by atoms with Crippen LogP contribution in [0, 0.1) is 0 Å². The predicted octanol–water partition coefficient (Wildman–Crippen LogP) is 3.89. The molecule has 1 aromatic heterocycles. The van der Waals surface area contributed by atoms with Crippen molar-refractivity contribution in [1.29, 1.82) is 0 Å². The fourth-order valence-corrected chi connectivity index (χ4v) is 3.50. The first-order valence-electron chi connectivity index (χ1n) is 9.82. The number of nitrogens with zero attached hydrogens (tertiary/aromatic N) is 2. The summed E-state index contributed by atoms with van der Waals surface area (Å²) in [6.45, 7) is 1.55. The van der Waals surface area contributed by atoms with Gasteiger partial charge in [-0.2, -0.15) is 0 Å². The standard InChI is InChI=1S/C23H24N2O4/c1-27-20-10-5-9-18-16-25(13-6-14-28-22(18)20)23(26)21-15-19(24-29-21)12-11-17-7-3-2-4-8-17/h2-5,7-10,15H,6,11-14,16H2,1H3. The van der Waals surface area contributed by atoms with Gasteiger partial charge in [0.15, 0.2) is 11.5 Å². The van der Waals surface area contributed by atoms with Gasteiger partial charge >= 0.3 is 0 Å². The Balaban J connectivity index is 1.47. The number of methoxy groups -OCH3 is 1. The van der Waals surface area contributed by atoms with Gasteiger partial charge in [-0.05, 0) is 30.9 Å². The molecule has 0 spiro atoms. The zero-order valence-electron chi connectivity index (χ0n) is 16.5. The van der Waals surface area contributed by atoms with Gasteiger partial charge < -0.3 is 18.9 Å². The van der Waals surface area contributed by atoms with Crippen molar-refractivity contribution in [2.24, 2.45) is 0 Å². The topological polar surface area (TPSA) is 64.8 Å². The van der Waals surface area contributed by atoms with Crippen molar-refractivity contribution in [2.75, 3.05) is 20.3 Å². The highest BCUT2D eigenvalue weighted by Crippen LogP contribution is 2.33. The Morgan fingerprint density at radius 2 is 2.00 bits per heavy atom. The summed E-state index contributed by atoms with van der Waals surface area (Å²) in [6.07, 6.45) is 2.32. The van der Waals surface area contributed by atoms with Gasteiger partial charge in [-0.3, -0.25) is 4.79 Å². The minimum Gasteiger partial charge on any atom is -0.493 e. The van der Waals surface area contributed by atoms with Gasteiger partial charge in [0.05, 0.1) is 19.4 Å². The van der Waals surface area contributed by atoms with Crippen LogP contribution in [-0.4, -0.2) is 36.2 Å². The summed E-state index contributed by atoms with van der Waals surface area (Å²) in [6, 6.07) is 17.7. The minimum absolute atomic E-state index is 0.154. The Hall–Kier alpha value is -3.28. The summed E-state index contributed by atoms with van der Waals surface area (Å²) in [5, 5.41) is 4.09. The Morgan fingerprint density at radius 1 is 1.14 bits per heavy atom. The van der Waals surface area contributed by atoms with E-state index in [9.17, 15) is 4.79 Å². The monoisotopic (exact) mass is 392 g/mol. The number of rotatable bonds is 5. The van der Waals surface area contributed by atoms with Crippen LogP contribution in [0.15, 0.2) is 59.1 Å². The van der Waals surface area contributed by atoms with Crippen molar-refractivity contribution >= 4 is 5.91 Å². The van der Waals surface area contributed by atoms with Crippen LogP contribution in [0.3, 0.4) is 0 Å². The average Bonchev–Trinajstić information content (AvgIpc) is 3.22.